The number of hydrogen-bond donors (Lipinski definition) is 1. The summed E-state index contributed by atoms with van der Waals surface area (Å²) in [6.45, 7) is 9.93. The number of allylic oxidation sites excluding steroid dienone is 1. The molecular weight excluding hydrogens is 266 g/mol. The molecule has 0 saturated carbocycles. The smallest absolute Gasteiger partial charge is 0.220 e. The van der Waals surface area contributed by atoms with Crippen LogP contribution in [0.3, 0.4) is 0 Å². The molecule has 1 N–H and O–H groups in total. The predicted molar refractivity (Wildman–Crippen MR) is 82.2 cm³/mol. The van der Waals surface area contributed by atoms with Crippen LogP contribution in [0.25, 0.3) is 0 Å². The van der Waals surface area contributed by atoms with Crippen molar-refractivity contribution in [3.63, 3.8) is 0 Å². The van der Waals surface area contributed by atoms with Gasteiger partial charge in [0.1, 0.15) is 0 Å². The number of carbonyl (C=O) groups excluding carboxylic acids is 1. The molecule has 21 heavy (non-hydrogen) atoms. The number of aryl methyl sites for hydroxylation is 1. The van der Waals surface area contributed by atoms with Gasteiger partial charge in [-0.2, -0.15) is 5.10 Å². The summed E-state index contributed by atoms with van der Waals surface area (Å²) in [4.78, 5) is 11.9. The van der Waals surface area contributed by atoms with Crippen molar-refractivity contribution >= 4 is 5.91 Å². The highest BCUT2D eigenvalue weighted by Gasteiger charge is 2.17. The number of hydrogen-bond acceptors (Lipinski definition) is 3. The first-order valence-electron chi connectivity index (χ1n) is 7.64. The number of nitrogens with one attached hydrogen (secondary N) is 1. The molecule has 1 aromatic rings. The topological polar surface area (TPSA) is 56.2 Å². The van der Waals surface area contributed by atoms with Crippen LogP contribution in [0.2, 0.25) is 0 Å². The summed E-state index contributed by atoms with van der Waals surface area (Å²) in [5.74, 6) is 0.0840. The zero-order valence-electron chi connectivity index (χ0n) is 13.0. The Morgan fingerprint density at radius 1 is 1.57 bits per heavy atom. The second-order valence-corrected chi connectivity index (χ2v) is 5.56. The summed E-state index contributed by atoms with van der Waals surface area (Å²) in [5.41, 5.74) is 3.30. The first-order valence-corrected chi connectivity index (χ1v) is 7.64. The monoisotopic (exact) mass is 291 g/mol. The largest absolute Gasteiger partial charge is 0.376 e. The third-order valence-corrected chi connectivity index (χ3v) is 3.99. The van der Waals surface area contributed by atoms with Gasteiger partial charge in [0.2, 0.25) is 5.91 Å². The standard InChI is InChI=1S/C16H25N3O2/c1-4-9-19-13(3)15(12(2)18-19)7-8-16(20)17-11-14-6-5-10-21-14/h4,14H,1,5-11H2,2-3H3,(H,17,20)/t14-/m1/s1. The third kappa shape index (κ3) is 4.17. The molecule has 1 aliphatic heterocycles. The number of ether oxygens (including phenoxy) is 1. The van der Waals surface area contributed by atoms with Gasteiger partial charge < -0.3 is 10.1 Å². The van der Waals surface area contributed by atoms with Crippen molar-refractivity contribution in [1.29, 1.82) is 0 Å². The summed E-state index contributed by atoms with van der Waals surface area (Å²) in [5, 5.41) is 7.44. The fourth-order valence-corrected chi connectivity index (χ4v) is 2.76. The molecule has 2 heterocycles. The van der Waals surface area contributed by atoms with Crippen LogP contribution in [0.5, 0.6) is 0 Å². The lowest BCUT2D eigenvalue weighted by molar-refractivity contribution is -0.121. The van der Waals surface area contributed by atoms with Crippen LogP contribution in [0.4, 0.5) is 0 Å². The molecule has 116 valence electrons. The molecule has 2 rings (SSSR count). The van der Waals surface area contributed by atoms with E-state index in [1.54, 1.807) is 0 Å². The van der Waals surface area contributed by atoms with E-state index in [1.807, 2.05) is 24.6 Å². The normalized spacial score (nSPS) is 17.9. The van der Waals surface area contributed by atoms with Gasteiger partial charge in [-0.1, -0.05) is 6.08 Å². The van der Waals surface area contributed by atoms with Gasteiger partial charge >= 0.3 is 0 Å². The highest BCUT2D eigenvalue weighted by atomic mass is 16.5. The average molecular weight is 291 g/mol. The molecule has 0 bridgehead atoms. The minimum absolute atomic E-state index is 0.0840. The molecule has 1 atom stereocenters. The maximum Gasteiger partial charge on any atom is 0.220 e. The third-order valence-electron chi connectivity index (χ3n) is 3.99. The van der Waals surface area contributed by atoms with E-state index in [-0.39, 0.29) is 12.0 Å². The SMILES string of the molecule is C=CCn1nc(C)c(CCC(=O)NC[C@H]2CCCO2)c1C. The molecule has 5 heteroatoms. The van der Waals surface area contributed by atoms with Gasteiger partial charge in [-0.3, -0.25) is 9.48 Å². The number of aromatic nitrogens is 2. The second kappa shape index (κ2) is 7.41. The van der Waals surface area contributed by atoms with Gasteiger partial charge in [-0.05, 0) is 38.7 Å². The molecule has 0 unspecified atom stereocenters. The van der Waals surface area contributed by atoms with Crippen LogP contribution in [0.15, 0.2) is 12.7 Å². The fraction of sp³-hybridized carbons (Fsp3) is 0.625. The van der Waals surface area contributed by atoms with Crippen molar-refractivity contribution in [1.82, 2.24) is 15.1 Å². The van der Waals surface area contributed by atoms with E-state index in [4.69, 9.17) is 4.74 Å². The minimum Gasteiger partial charge on any atom is -0.376 e. The van der Waals surface area contributed by atoms with Gasteiger partial charge in [0.25, 0.3) is 0 Å². The number of carbonyl (C=O) groups is 1. The Bertz CT molecular complexity index is 502. The molecule has 1 saturated heterocycles. The zero-order valence-corrected chi connectivity index (χ0v) is 13.0. The van der Waals surface area contributed by atoms with Crippen molar-refractivity contribution in [3.05, 3.63) is 29.6 Å². The summed E-state index contributed by atoms with van der Waals surface area (Å²) in [6, 6.07) is 0. The van der Waals surface area contributed by atoms with Crippen molar-refractivity contribution in [2.24, 2.45) is 0 Å². The number of nitrogens with zero attached hydrogens (tertiary/aromatic N) is 2. The van der Waals surface area contributed by atoms with Crippen molar-refractivity contribution in [2.45, 2.75) is 52.2 Å². The van der Waals surface area contributed by atoms with Gasteiger partial charge in [0.15, 0.2) is 0 Å². The lowest BCUT2D eigenvalue weighted by atomic mass is 10.1. The van der Waals surface area contributed by atoms with Gasteiger partial charge in [0.05, 0.1) is 18.3 Å². The molecule has 0 radical (unpaired) electrons. The van der Waals surface area contributed by atoms with E-state index in [9.17, 15) is 4.79 Å². The Hall–Kier alpha value is -1.62. The summed E-state index contributed by atoms with van der Waals surface area (Å²) in [7, 11) is 0. The van der Waals surface area contributed by atoms with E-state index in [0.29, 0.717) is 19.5 Å². The maximum atomic E-state index is 11.9. The lowest BCUT2D eigenvalue weighted by Crippen LogP contribution is -2.31. The van der Waals surface area contributed by atoms with E-state index >= 15 is 0 Å². The predicted octanol–water partition coefficient (Wildman–Crippen LogP) is 1.91. The van der Waals surface area contributed by atoms with E-state index in [1.165, 1.54) is 5.56 Å². The Morgan fingerprint density at radius 2 is 2.38 bits per heavy atom. The highest BCUT2D eigenvalue weighted by molar-refractivity contribution is 5.76. The van der Waals surface area contributed by atoms with Gasteiger partial charge in [-0.15, -0.1) is 6.58 Å². The van der Waals surface area contributed by atoms with Crippen LogP contribution >= 0.6 is 0 Å². The summed E-state index contributed by atoms with van der Waals surface area (Å²) >= 11 is 0. The minimum atomic E-state index is 0.0840. The van der Waals surface area contributed by atoms with Gasteiger partial charge in [-0.25, -0.2) is 0 Å². The molecular formula is C16H25N3O2. The molecule has 0 aliphatic carbocycles. The van der Waals surface area contributed by atoms with Crippen molar-refractivity contribution in [3.8, 4) is 0 Å². The zero-order chi connectivity index (χ0) is 15.2. The first-order chi connectivity index (χ1) is 10.1. The lowest BCUT2D eigenvalue weighted by Gasteiger charge is -2.10. The molecule has 1 aromatic heterocycles. The quantitative estimate of drug-likeness (QED) is 0.781. The number of amides is 1. The molecule has 1 amide bonds. The summed E-state index contributed by atoms with van der Waals surface area (Å²) < 4.78 is 7.43. The van der Waals surface area contributed by atoms with Crippen molar-refractivity contribution in [2.75, 3.05) is 13.2 Å². The van der Waals surface area contributed by atoms with Crippen LogP contribution in [-0.2, 0) is 22.5 Å². The Balaban J connectivity index is 1.81. The Morgan fingerprint density at radius 3 is 3.05 bits per heavy atom. The summed E-state index contributed by atoms with van der Waals surface area (Å²) in [6.07, 6.45) is 5.40. The average Bonchev–Trinajstić information content (AvgIpc) is 3.05. The Kier molecular flexibility index (Phi) is 5.56. The second-order valence-electron chi connectivity index (χ2n) is 5.56. The number of rotatable bonds is 7. The molecule has 5 nitrogen and oxygen atoms in total. The maximum absolute atomic E-state index is 11.9. The molecule has 0 aromatic carbocycles. The van der Waals surface area contributed by atoms with Crippen LogP contribution in [-0.4, -0.2) is 34.9 Å². The molecule has 1 aliphatic rings. The van der Waals surface area contributed by atoms with Crippen LogP contribution in [0, 0.1) is 13.8 Å². The van der Waals surface area contributed by atoms with Crippen LogP contribution < -0.4 is 5.32 Å². The molecule has 0 spiro atoms. The molecule has 1 fully saturated rings. The van der Waals surface area contributed by atoms with Gasteiger partial charge in [0, 0.05) is 25.3 Å². The van der Waals surface area contributed by atoms with Crippen LogP contribution in [0.1, 0.15) is 36.2 Å². The van der Waals surface area contributed by atoms with E-state index in [0.717, 1.165) is 37.3 Å². The van der Waals surface area contributed by atoms with E-state index < -0.39 is 0 Å². The first kappa shape index (κ1) is 15.8. The Labute approximate surface area is 126 Å². The van der Waals surface area contributed by atoms with E-state index in [2.05, 4.69) is 17.0 Å². The highest BCUT2D eigenvalue weighted by Crippen LogP contribution is 2.15. The fourth-order valence-electron chi connectivity index (χ4n) is 2.76. The van der Waals surface area contributed by atoms with Crippen molar-refractivity contribution < 1.29 is 9.53 Å².